The third-order valence-electron chi connectivity index (χ3n) is 4.65. The fourth-order valence-electron chi connectivity index (χ4n) is 3.24. The van der Waals surface area contributed by atoms with Gasteiger partial charge in [-0.2, -0.15) is 10.1 Å². The summed E-state index contributed by atoms with van der Waals surface area (Å²) in [5.41, 5.74) is 2.46. The molecule has 1 N–H and O–H groups in total. The lowest BCUT2D eigenvalue weighted by Gasteiger charge is -2.28. The van der Waals surface area contributed by atoms with E-state index in [0.29, 0.717) is 22.8 Å². The number of anilines is 1. The molecule has 0 amide bonds. The van der Waals surface area contributed by atoms with Crippen LogP contribution in [0.4, 0.5) is 11.6 Å². The highest BCUT2D eigenvalue weighted by Gasteiger charge is 2.34. The van der Waals surface area contributed by atoms with E-state index in [-0.39, 0.29) is 12.3 Å². The number of esters is 1. The molecule has 0 radical (unpaired) electrons. The van der Waals surface area contributed by atoms with Gasteiger partial charge >= 0.3 is 5.97 Å². The highest BCUT2D eigenvalue weighted by Crippen LogP contribution is 2.35. The summed E-state index contributed by atoms with van der Waals surface area (Å²) in [7, 11) is 0. The number of non-ortho nitro benzene ring substituents is 1. The number of nitro benzene ring substituents is 1. The van der Waals surface area contributed by atoms with E-state index in [9.17, 15) is 14.9 Å². The molecule has 2 heterocycles. The molecule has 0 bridgehead atoms. The van der Waals surface area contributed by atoms with E-state index >= 15 is 0 Å². The lowest BCUT2D eigenvalue weighted by Crippen LogP contribution is -2.29. The van der Waals surface area contributed by atoms with Crippen molar-refractivity contribution in [3.05, 3.63) is 93.4 Å². The van der Waals surface area contributed by atoms with Crippen LogP contribution in [-0.2, 0) is 16.1 Å². The Balaban J connectivity index is 1.68. The lowest BCUT2D eigenvalue weighted by molar-refractivity contribution is -0.384. The van der Waals surface area contributed by atoms with Crippen molar-refractivity contribution in [2.24, 2.45) is 0 Å². The van der Waals surface area contributed by atoms with E-state index in [0.717, 1.165) is 5.56 Å². The Hall–Kier alpha value is -4.01. The molecular formula is C20H17N5O4. The van der Waals surface area contributed by atoms with Gasteiger partial charge in [-0.25, -0.2) is 9.48 Å². The Labute approximate surface area is 165 Å². The zero-order valence-corrected chi connectivity index (χ0v) is 15.5. The predicted molar refractivity (Wildman–Crippen MR) is 104 cm³/mol. The summed E-state index contributed by atoms with van der Waals surface area (Å²) in [4.78, 5) is 27.7. The van der Waals surface area contributed by atoms with Gasteiger partial charge in [0.1, 0.15) is 19.0 Å². The number of allylic oxidation sites excluding steroid dienone is 1. The van der Waals surface area contributed by atoms with Crippen molar-refractivity contribution in [2.45, 2.75) is 19.6 Å². The molecule has 1 atom stereocenters. The fraction of sp³-hybridized carbons (Fsp3) is 0.150. The summed E-state index contributed by atoms with van der Waals surface area (Å²) >= 11 is 0. The van der Waals surface area contributed by atoms with E-state index in [1.807, 2.05) is 30.3 Å². The molecule has 9 heteroatoms. The van der Waals surface area contributed by atoms with E-state index in [2.05, 4.69) is 15.4 Å². The Bertz CT molecular complexity index is 1090. The second-order valence-electron chi connectivity index (χ2n) is 6.50. The minimum Gasteiger partial charge on any atom is -0.457 e. The van der Waals surface area contributed by atoms with Gasteiger partial charge in [0.2, 0.25) is 5.95 Å². The first-order chi connectivity index (χ1) is 14.0. The van der Waals surface area contributed by atoms with Crippen LogP contribution in [-0.4, -0.2) is 25.7 Å². The van der Waals surface area contributed by atoms with Crippen LogP contribution in [0.2, 0.25) is 0 Å². The number of hydrogen-bond acceptors (Lipinski definition) is 7. The smallest absolute Gasteiger partial charge is 0.338 e. The first kappa shape index (κ1) is 18.4. The number of rotatable bonds is 5. The van der Waals surface area contributed by atoms with Crippen LogP contribution in [0.5, 0.6) is 0 Å². The molecule has 2 aromatic carbocycles. The average molecular weight is 391 g/mol. The van der Waals surface area contributed by atoms with Gasteiger partial charge in [0.05, 0.1) is 10.5 Å². The summed E-state index contributed by atoms with van der Waals surface area (Å²) in [5.74, 6) is -0.0196. The molecule has 4 rings (SSSR count). The molecule has 1 aliphatic rings. The molecule has 0 saturated carbocycles. The maximum atomic E-state index is 13.0. The first-order valence-electron chi connectivity index (χ1n) is 8.87. The van der Waals surface area contributed by atoms with Crippen molar-refractivity contribution in [1.82, 2.24) is 14.8 Å². The minimum atomic E-state index is -0.613. The SMILES string of the molecule is CC1=C(C(=O)OCc2ccccc2)[C@H](c2ccc([N+](=O)[O-])cc2)n2ncnc2N1. The van der Waals surface area contributed by atoms with Crippen LogP contribution in [0, 0.1) is 10.1 Å². The molecule has 29 heavy (non-hydrogen) atoms. The zero-order valence-electron chi connectivity index (χ0n) is 15.5. The Morgan fingerprint density at radius 2 is 1.93 bits per heavy atom. The molecule has 0 unspecified atom stereocenters. The normalized spacial score (nSPS) is 15.4. The number of carbonyl (C=O) groups is 1. The zero-order chi connectivity index (χ0) is 20.4. The number of nitrogens with one attached hydrogen (secondary N) is 1. The fourth-order valence-corrected chi connectivity index (χ4v) is 3.24. The maximum Gasteiger partial charge on any atom is 0.338 e. The predicted octanol–water partition coefficient (Wildman–Crippen LogP) is 3.22. The Morgan fingerprint density at radius 1 is 1.21 bits per heavy atom. The molecule has 0 fully saturated rings. The van der Waals surface area contributed by atoms with Crippen LogP contribution in [0.3, 0.4) is 0 Å². The van der Waals surface area contributed by atoms with Gasteiger partial charge in [0.25, 0.3) is 5.69 Å². The van der Waals surface area contributed by atoms with Crippen LogP contribution < -0.4 is 5.32 Å². The van der Waals surface area contributed by atoms with Crippen molar-refractivity contribution in [3.63, 3.8) is 0 Å². The van der Waals surface area contributed by atoms with Crippen LogP contribution >= 0.6 is 0 Å². The second-order valence-corrected chi connectivity index (χ2v) is 6.50. The number of aromatic nitrogens is 3. The second kappa shape index (κ2) is 7.55. The van der Waals surface area contributed by atoms with Gasteiger partial charge in [-0.15, -0.1) is 0 Å². The third-order valence-corrected chi connectivity index (χ3v) is 4.65. The van der Waals surface area contributed by atoms with Gasteiger partial charge in [-0.1, -0.05) is 30.3 Å². The number of ether oxygens (including phenoxy) is 1. The largest absolute Gasteiger partial charge is 0.457 e. The molecule has 3 aromatic rings. The maximum absolute atomic E-state index is 13.0. The highest BCUT2D eigenvalue weighted by atomic mass is 16.6. The van der Waals surface area contributed by atoms with Crippen molar-refractivity contribution in [1.29, 1.82) is 0 Å². The molecule has 0 spiro atoms. The topological polar surface area (TPSA) is 112 Å². The van der Waals surface area contributed by atoms with Gasteiger partial charge < -0.3 is 10.1 Å². The van der Waals surface area contributed by atoms with E-state index in [1.54, 1.807) is 23.7 Å². The van der Waals surface area contributed by atoms with E-state index in [4.69, 9.17) is 4.74 Å². The molecule has 146 valence electrons. The number of nitrogens with zero attached hydrogens (tertiary/aromatic N) is 4. The van der Waals surface area contributed by atoms with Gasteiger partial charge in [0, 0.05) is 17.8 Å². The number of benzene rings is 2. The summed E-state index contributed by atoms with van der Waals surface area (Å²) in [6.07, 6.45) is 1.38. The van der Waals surface area contributed by atoms with Crippen LogP contribution in [0.25, 0.3) is 0 Å². The third kappa shape index (κ3) is 3.57. The van der Waals surface area contributed by atoms with Crippen molar-refractivity contribution in [2.75, 3.05) is 5.32 Å². The number of fused-ring (bicyclic) bond motifs is 1. The monoisotopic (exact) mass is 391 g/mol. The summed E-state index contributed by atoms with van der Waals surface area (Å²) < 4.78 is 7.10. The Morgan fingerprint density at radius 3 is 2.62 bits per heavy atom. The van der Waals surface area contributed by atoms with E-state index in [1.165, 1.54) is 18.5 Å². The first-order valence-corrected chi connectivity index (χ1v) is 8.87. The lowest BCUT2D eigenvalue weighted by atomic mass is 9.95. The molecule has 1 aliphatic heterocycles. The van der Waals surface area contributed by atoms with Crippen molar-refractivity contribution >= 4 is 17.6 Å². The molecule has 0 saturated heterocycles. The van der Waals surface area contributed by atoms with Gasteiger partial charge in [-0.3, -0.25) is 10.1 Å². The molecule has 1 aromatic heterocycles. The van der Waals surface area contributed by atoms with Crippen molar-refractivity contribution in [3.8, 4) is 0 Å². The number of nitro groups is 1. The summed E-state index contributed by atoms with van der Waals surface area (Å²) in [6, 6.07) is 14.8. The molecule has 9 nitrogen and oxygen atoms in total. The summed E-state index contributed by atoms with van der Waals surface area (Å²) in [6.45, 7) is 1.89. The number of hydrogen-bond donors (Lipinski definition) is 1. The minimum absolute atomic E-state index is 0.0320. The van der Waals surface area contributed by atoms with E-state index < -0.39 is 16.9 Å². The Kier molecular flexibility index (Phi) is 4.78. The molecule has 0 aliphatic carbocycles. The van der Waals surface area contributed by atoms with Gasteiger partial charge in [-0.05, 0) is 30.2 Å². The van der Waals surface area contributed by atoms with Crippen molar-refractivity contribution < 1.29 is 14.5 Å². The number of carbonyl (C=O) groups excluding carboxylic acids is 1. The summed E-state index contributed by atoms with van der Waals surface area (Å²) in [5, 5.41) is 18.3. The molecular weight excluding hydrogens is 374 g/mol. The van der Waals surface area contributed by atoms with Gasteiger partial charge in [0.15, 0.2) is 0 Å². The average Bonchev–Trinajstić information content (AvgIpc) is 3.20. The standard InChI is InChI=1S/C20H17N5O4/c1-13-17(19(26)29-11-14-5-3-2-4-6-14)18(24-20(23-13)21-12-22-24)15-7-9-16(10-8-15)25(27)28/h2-10,12,18H,11H2,1H3,(H,21,22,23)/t18-/m0/s1. The van der Waals surface area contributed by atoms with Crippen LogP contribution in [0.15, 0.2) is 72.2 Å². The highest BCUT2D eigenvalue weighted by molar-refractivity contribution is 5.92. The van der Waals surface area contributed by atoms with Crippen LogP contribution in [0.1, 0.15) is 24.1 Å². The quantitative estimate of drug-likeness (QED) is 0.404.